The fraction of sp³-hybridized carbons (Fsp3) is 0.227. The average molecular weight is 420 g/mol. The fourth-order valence-corrected chi connectivity index (χ4v) is 3.94. The Hall–Kier alpha value is -3.85. The maximum absolute atomic E-state index is 13.0. The summed E-state index contributed by atoms with van der Waals surface area (Å²) in [7, 11) is 1.64. The lowest BCUT2D eigenvalue weighted by molar-refractivity contribution is -0.383. The van der Waals surface area contributed by atoms with E-state index < -0.39 is 16.7 Å². The average Bonchev–Trinajstić information content (AvgIpc) is 3.02. The summed E-state index contributed by atoms with van der Waals surface area (Å²) in [5.74, 6) is -1.24. The zero-order valence-corrected chi connectivity index (χ0v) is 17.3. The Morgan fingerprint density at radius 1 is 1.13 bits per heavy atom. The van der Waals surface area contributed by atoms with Gasteiger partial charge in [0.2, 0.25) is 0 Å². The van der Waals surface area contributed by atoms with Gasteiger partial charge in [0, 0.05) is 42.1 Å². The summed E-state index contributed by atoms with van der Waals surface area (Å²) in [6.45, 7) is 5.13. The first-order valence-corrected chi connectivity index (χ1v) is 9.63. The van der Waals surface area contributed by atoms with Gasteiger partial charge in [0.1, 0.15) is 0 Å². The number of ether oxygens (including phenoxy) is 1. The van der Waals surface area contributed by atoms with Gasteiger partial charge >= 0.3 is 0 Å². The van der Waals surface area contributed by atoms with E-state index in [-0.39, 0.29) is 27.6 Å². The summed E-state index contributed by atoms with van der Waals surface area (Å²) in [6, 6.07) is 9.22. The normalized spacial score (nSPS) is 13.6. The highest BCUT2D eigenvalue weighted by Crippen LogP contribution is 2.35. The number of hydrogen-bond donors (Lipinski definition) is 0. The van der Waals surface area contributed by atoms with Crippen molar-refractivity contribution in [1.82, 2.24) is 9.58 Å². The predicted molar refractivity (Wildman–Crippen MR) is 114 cm³/mol. The van der Waals surface area contributed by atoms with Crippen molar-refractivity contribution in [3.05, 3.63) is 74.6 Å². The highest BCUT2D eigenvalue weighted by molar-refractivity contribution is 6.26. The molecule has 0 spiro atoms. The van der Waals surface area contributed by atoms with Gasteiger partial charge in [-0.05, 0) is 38.1 Å². The van der Waals surface area contributed by atoms with Crippen LogP contribution in [0.2, 0.25) is 0 Å². The van der Waals surface area contributed by atoms with Gasteiger partial charge in [0.05, 0.1) is 34.3 Å². The number of nitrogens with zero attached hydrogens (tertiary/aromatic N) is 4. The number of nitro benzene ring substituents is 1. The Morgan fingerprint density at radius 3 is 2.52 bits per heavy atom. The fourth-order valence-electron chi connectivity index (χ4n) is 3.94. The largest absolute Gasteiger partial charge is 0.383 e. The number of non-ortho nitro benzene ring substituents is 1. The molecule has 1 aliphatic heterocycles. The number of rotatable bonds is 6. The van der Waals surface area contributed by atoms with Crippen LogP contribution in [0, 0.1) is 24.0 Å². The first-order valence-electron chi connectivity index (χ1n) is 9.63. The molecule has 4 rings (SSSR count). The quantitative estimate of drug-likeness (QED) is 0.263. The van der Waals surface area contributed by atoms with E-state index in [4.69, 9.17) is 4.74 Å². The number of benzene rings is 2. The number of methoxy groups -OCH3 is 1. The second-order valence-electron chi connectivity index (χ2n) is 7.26. The van der Waals surface area contributed by atoms with Crippen molar-refractivity contribution < 1.29 is 19.2 Å². The van der Waals surface area contributed by atoms with Gasteiger partial charge in [0.15, 0.2) is 0 Å². The van der Waals surface area contributed by atoms with E-state index in [0.717, 1.165) is 22.0 Å². The van der Waals surface area contributed by atoms with Crippen LogP contribution >= 0.6 is 0 Å². The van der Waals surface area contributed by atoms with Crippen LogP contribution in [0.25, 0.3) is 10.8 Å². The molecule has 0 unspecified atom stereocenters. The lowest BCUT2D eigenvalue weighted by Gasteiger charge is -2.22. The van der Waals surface area contributed by atoms with Crippen LogP contribution in [-0.2, 0) is 11.3 Å². The second kappa shape index (κ2) is 7.77. The number of carbonyl (C=O) groups excluding carboxylic acids is 2. The highest BCUT2D eigenvalue weighted by atomic mass is 16.6. The van der Waals surface area contributed by atoms with E-state index in [9.17, 15) is 19.7 Å². The third-order valence-corrected chi connectivity index (χ3v) is 5.50. The Kier molecular flexibility index (Phi) is 5.12. The van der Waals surface area contributed by atoms with Gasteiger partial charge in [-0.1, -0.05) is 6.07 Å². The predicted octanol–water partition coefficient (Wildman–Crippen LogP) is 3.44. The second-order valence-corrected chi connectivity index (χ2v) is 7.26. The van der Waals surface area contributed by atoms with Crippen LogP contribution in [0.3, 0.4) is 0 Å². The van der Waals surface area contributed by atoms with Crippen LogP contribution in [0.15, 0.2) is 41.5 Å². The Labute approximate surface area is 177 Å². The topological polar surface area (TPSA) is 107 Å². The smallest absolute Gasteiger partial charge is 0.282 e. The van der Waals surface area contributed by atoms with Crippen molar-refractivity contribution in [2.24, 2.45) is 5.10 Å². The molecular weight excluding hydrogens is 400 g/mol. The maximum atomic E-state index is 13.0. The first-order chi connectivity index (χ1) is 14.8. The van der Waals surface area contributed by atoms with Crippen molar-refractivity contribution in [2.75, 3.05) is 13.7 Å². The summed E-state index contributed by atoms with van der Waals surface area (Å²) < 4.78 is 7.21. The number of imide groups is 1. The zero-order chi connectivity index (χ0) is 22.3. The number of carbonyl (C=O) groups is 2. The molecule has 0 atom stereocenters. The summed E-state index contributed by atoms with van der Waals surface area (Å²) in [6.07, 6.45) is 1.48. The van der Waals surface area contributed by atoms with Crippen LogP contribution < -0.4 is 0 Å². The van der Waals surface area contributed by atoms with Crippen LogP contribution in [0.1, 0.15) is 37.7 Å². The summed E-state index contributed by atoms with van der Waals surface area (Å²) in [5, 5.41) is 16.9. The van der Waals surface area contributed by atoms with Gasteiger partial charge < -0.3 is 9.30 Å². The van der Waals surface area contributed by atoms with E-state index in [1.807, 2.05) is 19.9 Å². The van der Waals surface area contributed by atoms with Crippen LogP contribution in [0.5, 0.6) is 0 Å². The molecule has 9 nitrogen and oxygen atoms in total. The molecule has 0 saturated carbocycles. The monoisotopic (exact) mass is 420 g/mol. The van der Waals surface area contributed by atoms with Crippen LogP contribution in [0.4, 0.5) is 5.69 Å². The minimum absolute atomic E-state index is 0.151. The third-order valence-electron chi connectivity index (χ3n) is 5.50. The minimum Gasteiger partial charge on any atom is -0.383 e. The summed E-state index contributed by atoms with van der Waals surface area (Å²) in [5.41, 5.74) is 2.99. The molecule has 0 saturated heterocycles. The Bertz CT molecular complexity index is 1250. The highest BCUT2D eigenvalue weighted by Gasteiger charge is 2.34. The molecular formula is C22H20N4O5. The van der Waals surface area contributed by atoms with E-state index in [0.29, 0.717) is 13.2 Å². The zero-order valence-electron chi connectivity index (χ0n) is 17.3. The molecule has 0 radical (unpaired) electrons. The third kappa shape index (κ3) is 3.28. The summed E-state index contributed by atoms with van der Waals surface area (Å²) >= 11 is 0. The molecule has 2 amide bonds. The van der Waals surface area contributed by atoms with Crippen molar-refractivity contribution in [2.45, 2.75) is 20.4 Å². The lowest BCUT2D eigenvalue weighted by atomic mass is 9.94. The van der Waals surface area contributed by atoms with E-state index in [1.54, 1.807) is 19.2 Å². The number of nitro groups is 1. The number of aromatic nitrogens is 1. The maximum Gasteiger partial charge on any atom is 0.282 e. The standard InChI is InChI=1S/C22H20N4O5/c1-13-11-15(14(2)24(13)9-10-31-3)12-23-25-21(27)17-6-4-5-16-19(26(29)30)8-7-18(20(16)17)22(25)28/h4-8,11-12H,9-10H2,1-3H3/b23-12-. The molecule has 1 aromatic heterocycles. The molecule has 2 heterocycles. The molecule has 0 N–H and O–H groups in total. The van der Waals surface area contributed by atoms with Crippen molar-refractivity contribution in [3.63, 3.8) is 0 Å². The number of amides is 2. The first kappa shape index (κ1) is 20.4. The molecule has 158 valence electrons. The Balaban J connectivity index is 1.74. The SMILES string of the molecule is COCCn1c(C)cc(/C=N\N2C(=O)c3cccc4c([N+](=O)[O-])ccc(c34)C2=O)c1C. The number of aryl methyl sites for hydroxylation is 1. The summed E-state index contributed by atoms with van der Waals surface area (Å²) in [4.78, 5) is 36.9. The van der Waals surface area contributed by atoms with Gasteiger partial charge in [-0.2, -0.15) is 10.1 Å². The molecule has 3 aromatic rings. The Morgan fingerprint density at radius 2 is 1.84 bits per heavy atom. The van der Waals surface area contributed by atoms with Gasteiger partial charge in [0.25, 0.3) is 17.5 Å². The van der Waals surface area contributed by atoms with Crippen molar-refractivity contribution >= 4 is 34.5 Å². The van der Waals surface area contributed by atoms with Crippen molar-refractivity contribution in [1.29, 1.82) is 0 Å². The molecule has 1 aliphatic rings. The van der Waals surface area contributed by atoms with Crippen molar-refractivity contribution in [3.8, 4) is 0 Å². The molecule has 0 bridgehead atoms. The van der Waals surface area contributed by atoms with E-state index in [2.05, 4.69) is 9.67 Å². The van der Waals surface area contributed by atoms with E-state index in [1.165, 1.54) is 24.4 Å². The van der Waals surface area contributed by atoms with Crippen LogP contribution in [-0.4, -0.2) is 46.2 Å². The van der Waals surface area contributed by atoms with Gasteiger partial charge in [-0.15, -0.1) is 0 Å². The lowest BCUT2D eigenvalue weighted by Crippen LogP contribution is -2.36. The minimum atomic E-state index is -0.618. The molecule has 0 aliphatic carbocycles. The van der Waals surface area contributed by atoms with Gasteiger partial charge in [-0.3, -0.25) is 19.7 Å². The van der Waals surface area contributed by atoms with E-state index >= 15 is 0 Å². The molecule has 9 heteroatoms. The molecule has 2 aromatic carbocycles. The van der Waals surface area contributed by atoms with Gasteiger partial charge in [-0.25, -0.2) is 0 Å². The number of hydrazone groups is 1. The molecule has 0 fully saturated rings. The molecule has 31 heavy (non-hydrogen) atoms. The number of hydrogen-bond acceptors (Lipinski definition) is 6.